The van der Waals surface area contributed by atoms with Crippen LogP contribution < -0.4 is 52.1 Å². The molecule has 6 rings (SSSR count). The third-order valence-electron chi connectivity index (χ3n) is 18.5. The van der Waals surface area contributed by atoms with Crippen molar-refractivity contribution in [1.82, 2.24) is 30.6 Å². The number of rotatable bonds is 46. The Morgan fingerprint density at radius 2 is 0.876 bits per heavy atom. The number of hydrogen-bond donors (Lipinski definition) is 5. The van der Waals surface area contributed by atoms with E-state index >= 15 is 8.78 Å². The van der Waals surface area contributed by atoms with Crippen molar-refractivity contribution in [2.45, 2.75) is 233 Å². The first-order valence-corrected chi connectivity index (χ1v) is 43.3. The van der Waals surface area contributed by atoms with Crippen molar-refractivity contribution in [1.29, 1.82) is 0 Å². The van der Waals surface area contributed by atoms with Gasteiger partial charge in [0.2, 0.25) is 27.2 Å². The number of alkyl carbamates (subject to hydrolysis) is 1. The van der Waals surface area contributed by atoms with Gasteiger partial charge in [0, 0.05) is 30.4 Å². The van der Waals surface area contributed by atoms with E-state index in [4.69, 9.17) is 115 Å². The Hall–Kier alpha value is -9.51. The smallest absolute Gasteiger partial charge is 0.510 e. The molecule has 2 fully saturated rings. The van der Waals surface area contributed by atoms with Crippen molar-refractivity contribution < 1.29 is 182 Å². The predicted molar refractivity (Wildman–Crippen MR) is 439 cm³/mol. The van der Waals surface area contributed by atoms with Crippen LogP contribution in [0.5, 0.6) is 0 Å². The number of benzene rings is 2. The molecule has 728 valence electrons. The second-order valence-electron chi connectivity index (χ2n) is 31.6. The van der Waals surface area contributed by atoms with Crippen LogP contribution in [-0.2, 0) is 144 Å². The zero-order valence-electron chi connectivity index (χ0n) is 74.6. The molecule has 2 aliphatic rings. The number of carbonyl (C=O) groups is 9. The van der Waals surface area contributed by atoms with Gasteiger partial charge in [-0.15, -0.1) is 11.6 Å². The molecule has 2 aliphatic heterocycles. The first-order valence-electron chi connectivity index (χ1n) is 39.9. The van der Waals surface area contributed by atoms with Crippen molar-refractivity contribution >= 4 is 81.8 Å². The SMILES string of the molecule is CC(C)OC(=O)OCOP(=O)(OCOC(=O)OC(C)C)OC[C@@]1(CF)O[C@@H](n2ccc(=O)[nH]c2=O)[C@](C)(OC(=O)C(Cl)C(C)C)[C@@H]1OC(=O)C([NH3+])C(C)C.CC(C)OC(=O)OCOP(=O)(OCOC(=O)OC(C)C)OC[C@@]1(CF)O[C@@H](n2ccc(=O)[nH]c2=O)[C@](C)(OCC(CC(=O)OCc2ccccc2)C(C)C)[C@@H]1OC(=O)C(NC(=O)OCc1ccccc1)C(C)C.N.[Cl-]. The Labute approximate surface area is 752 Å². The lowest BCUT2D eigenvalue weighted by Gasteiger charge is -2.39. The van der Waals surface area contributed by atoms with Crippen LogP contribution in [0, 0.1) is 29.6 Å². The van der Waals surface area contributed by atoms with Gasteiger partial charge < -0.3 is 105 Å². The van der Waals surface area contributed by atoms with E-state index in [1.54, 1.807) is 110 Å². The zero-order valence-corrected chi connectivity index (χ0v) is 77.9. The number of ether oxygens (including phenoxy) is 16. The minimum atomic E-state index is -5.23. The molecule has 9 N–H and O–H groups in total. The number of alkyl halides is 3. The monoisotopic (exact) mass is 1930 g/mol. The minimum Gasteiger partial charge on any atom is -1.00 e. The van der Waals surface area contributed by atoms with Crippen molar-refractivity contribution in [3.63, 3.8) is 0 Å². The van der Waals surface area contributed by atoms with Crippen molar-refractivity contribution in [3.8, 4) is 0 Å². The highest BCUT2D eigenvalue weighted by atomic mass is 35.5. The highest BCUT2D eigenvalue weighted by Crippen LogP contribution is 2.57. The van der Waals surface area contributed by atoms with Gasteiger partial charge in [0.15, 0.2) is 53.1 Å². The highest BCUT2D eigenvalue weighted by Gasteiger charge is 2.70. The van der Waals surface area contributed by atoms with E-state index in [1.807, 2.05) is 11.1 Å². The number of phosphoric ester groups is 2. The van der Waals surface area contributed by atoms with Crippen LogP contribution in [0.1, 0.15) is 155 Å². The number of quaternary nitrogens is 1. The molecule has 129 heavy (non-hydrogen) atoms. The summed E-state index contributed by atoms with van der Waals surface area (Å²) in [5, 5.41) is 1.16. The maximum atomic E-state index is 16.4. The van der Waals surface area contributed by atoms with Gasteiger partial charge in [-0.25, -0.2) is 79.2 Å². The summed E-state index contributed by atoms with van der Waals surface area (Å²) in [6, 6.07) is 16.8. The molecule has 0 aliphatic carbocycles. The van der Waals surface area contributed by atoms with Gasteiger partial charge in [0.05, 0.1) is 50.7 Å². The van der Waals surface area contributed by atoms with Gasteiger partial charge in [0.25, 0.3) is 11.1 Å². The van der Waals surface area contributed by atoms with E-state index in [2.05, 4.69) is 16.0 Å². The Morgan fingerprint density at radius 3 is 1.22 bits per heavy atom. The van der Waals surface area contributed by atoms with Crippen molar-refractivity contribution in [3.05, 3.63) is 138 Å². The summed E-state index contributed by atoms with van der Waals surface area (Å²) in [4.78, 5) is 171. The quantitative estimate of drug-likeness (QED) is 0.00987. The van der Waals surface area contributed by atoms with Gasteiger partial charge in [-0.2, -0.15) is 0 Å². The highest BCUT2D eigenvalue weighted by molar-refractivity contribution is 7.48. The third-order valence-corrected chi connectivity index (χ3v) is 21.7. The molecule has 44 nitrogen and oxygen atoms in total. The lowest BCUT2D eigenvalue weighted by molar-refractivity contribution is -0.420. The number of aromatic amines is 2. The number of hydrogen-bond acceptors (Lipinski definition) is 38. The fourth-order valence-corrected chi connectivity index (χ4v) is 13.6. The molecule has 0 bridgehead atoms. The number of aromatic nitrogens is 4. The summed E-state index contributed by atoms with van der Waals surface area (Å²) in [6.07, 6.45) is -14.8. The topological polar surface area (TPSA) is 575 Å². The molecule has 0 saturated carbocycles. The number of phosphoric acid groups is 2. The molecule has 4 heterocycles. The van der Waals surface area contributed by atoms with Crippen LogP contribution in [0.2, 0.25) is 0 Å². The lowest BCUT2D eigenvalue weighted by Crippen LogP contribution is -3.00. The molecule has 2 aromatic carbocycles. The van der Waals surface area contributed by atoms with Gasteiger partial charge >= 0.3 is 81.6 Å². The van der Waals surface area contributed by atoms with Crippen LogP contribution in [0.15, 0.2) is 104 Å². The van der Waals surface area contributed by atoms with Crippen LogP contribution in [-0.4, -0.2) is 211 Å². The van der Waals surface area contributed by atoms with Crippen LogP contribution in [0.3, 0.4) is 0 Å². The van der Waals surface area contributed by atoms with E-state index < -0.39 is 259 Å². The standard InChI is InChI=1S/C48H65FN3O20P.C31H48ClFN3O17P.ClH.H3N/c1-30(2)36(22-38(54)61-23-34-16-12-10-13-17-34)25-65-47(9)41(71-40(55)39(31(3)4)51-44(57)62-24-35-18-14-11-15-19-35)48(26-49,72-42(47)52-21-20-37(53)50-43(52)56)27-66-73(60,67-28-63-45(58)69-32(5)6)68-29-64-46(59)70-33(7)8;1-16(2)21(32)23(38)52-30(9)25(51-24(39)22(34)17(3)4)31(12-33,53-26(30)36-11-10-20(37)35-27(36)40)13-46-54(43,47-14-44-28(41)49-18(5)6)48-15-45-29(42)50-19(7)8;;/h10-21,30-33,36,39,41-42H,22-29H2,1-9H3,(H,51,57)(H,50,53,56);10-11,16-19,21-22,25-26H,12-15,34H2,1-9H3,(H,35,37,40);1H;1H3/t36?,39?,41-,42+,47+,48+;21?,22?,25-,26+,30+,31+;;/m00../s1. The summed E-state index contributed by atoms with van der Waals surface area (Å²) in [7, 11) is -10.3. The molecule has 0 spiro atoms. The fourth-order valence-electron chi connectivity index (χ4n) is 11.6. The first-order chi connectivity index (χ1) is 59.5. The Kier molecular flexibility index (Phi) is 46.3. The second-order valence-corrected chi connectivity index (χ2v) is 35.4. The molecular formula is C79H117Cl2F2N7O37P2. The van der Waals surface area contributed by atoms with Crippen LogP contribution >= 0.6 is 27.2 Å². The summed E-state index contributed by atoms with van der Waals surface area (Å²) >= 11 is 6.31. The van der Waals surface area contributed by atoms with Gasteiger partial charge in [-0.05, 0) is 104 Å². The van der Waals surface area contributed by atoms with Crippen LogP contribution in [0.4, 0.5) is 32.8 Å². The number of H-pyrrole nitrogens is 2. The minimum absolute atomic E-state index is 0. The average molecular weight is 1930 g/mol. The second kappa shape index (κ2) is 52.5. The average Bonchev–Trinajstić information content (AvgIpc) is 1.57. The Balaban J connectivity index is 0.000000685. The van der Waals surface area contributed by atoms with Crippen LogP contribution in [0.25, 0.3) is 0 Å². The fraction of sp³-hybridized carbons (Fsp3) is 0.633. The van der Waals surface area contributed by atoms with Crippen molar-refractivity contribution in [2.75, 3.05) is 60.3 Å². The molecule has 0 radical (unpaired) electrons. The van der Waals surface area contributed by atoms with Crippen molar-refractivity contribution in [2.24, 2.45) is 29.6 Å². The van der Waals surface area contributed by atoms with Gasteiger partial charge in [-0.3, -0.25) is 47.3 Å². The zero-order chi connectivity index (χ0) is 95.1. The number of nitrogens with zero attached hydrogens (tertiary/aromatic N) is 2. The van der Waals surface area contributed by atoms with E-state index in [1.165, 1.54) is 62.3 Å². The first kappa shape index (κ1) is 114. The van der Waals surface area contributed by atoms with E-state index in [0.29, 0.717) is 5.56 Å². The van der Waals surface area contributed by atoms with E-state index in [0.717, 1.165) is 46.1 Å². The van der Waals surface area contributed by atoms with Gasteiger partial charge in [0.1, 0.15) is 38.0 Å². The molecule has 12 atom stereocenters. The number of carbonyl (C=O) groups excluding carboxylic acids is 9. The number of esters is 4. The molecule has 50 heteroatoms. The Bertz CT molecular complexity index is 4570. The summed E-state index contributed by atoms with van der Waals surface area (Å²) in [5.74, 6) is -6.61. The Morgan fingerprint density at radius 1 is 0.504 bits per heavy atom. The summed E-state index contributed by atoms with van der Waals surface area (Å²) < 4.78 is 180. The van der Waals surface area contributed by atoms with Gasteiger partial charge in [-0.1, -0.05) is 116 Å². The maximum Gasteiger partial charge on any atom is 0.510 e. The maximum absolute atomic E-state index is 16.4. The lowest BCUT2D eigenvalue weighted by atomic mass is 9.86. The third kappa shape index (κ3) is 34.6. The predicted octanol–water partition coefficient (Wildman–Crippen LogP) is 6.89. The molecule has 4 unspecified atom stereocenters. The number of halogens is 4. The molecule has 1 amide bonds. The van der Waals surface area contributed by atoms with E-state index in [-0.39, 0.29) is 50.7 Å². The molecule has 2 saturated heterocycles. The number of amides is 1. The molecule has 4 aromatic rings. The summed E-state index contributed by atoms with van der Waals surface area (Å²) in [6.45, 7) is 16.6. The molecular weight excluding hydrogens is 1810 g/mol. The number of nitrogens with one attached hydrogen (secondary N) is 3. The largest absolute Gasteiger partial charge is 1.00 e. The summed E-state index contributed by atoms with van der Waals surface area (Å²) in [5.41, 5.74) is -8.70. The van der Waals surface area contributed by atoms with E-state index in [9.17, 15) is 71.5 Å². The normalized spacial score (nSPS) is 20.5. The molecule has 2 aromatic heterocycles.